The summed E-state index contributed by atoms with van der Waals surface area (Å²) in [4.78, 5) is 24.4. The van der Waals surface area contributed by atoms with E-state index >= 15 is 0 Å². The lowest BCUT2D eigenvalue weighted by Gasteiger charge is -2.27. The summed E-state index contributed by atoms with van der Waals surface area (Å²) in [7, 11) is 0. The van der Waals surface area contributed by atoms with Gasteiger partial charge in [-0.25, -0.2) is 0 Å². The summed E-state index contributed by atoms with van der Waals surface area (Å²) in [5.41, 5.74) is 2.54. The maximum Gasteiger partial charge on any atom is 0.229 e. The molecule has 4 nitrogen and oxygen atoms in total. The quantitative estimate of drug-likeness (QED) is 0.837. The number of carboxylic acid groups (broad SMARTS) is 1. The Morgan fingerprint density at radius 3 is 2.21 bits per heavy atom. The van der Waals surface area contributed by atoms with E-state index < -0.39 is 17.8 Å². The summed E-state index contributed by atoms with van der Waals surface area (Å²) in [6.45, 7) is 3.88. The lowest BCUT2D eigenvalue weighted by molar-refractivity contribution is -0.313. The Morgan fingerprint density at radius 2 is 1.67 bits per heavy atom. The zero-order chi connectivity index (χ0) is 17.6. The van der Waals surface area contributed by atoms with Crippen LogP contribution in [0, 0.1) is 23.7 Å². The van der Waals surface area contributed by atoms with E-state index in [-0.39, 0.29) is 17.7 Å². The molecule has 1 N–H and O–H groups in total. The van der Waals surface area contributed by atoms with Crippen LogP contribution in [0.3, 0.4) is 0 Å². The lowest BCUT2D eigenvalue weighted by Crippen LogP contribution is -2.42. The van der Waals surface area contributed by atoms with Gasteiger partial charge in [0.1, 0.15) is 0 Å². The maximum absolute atomic E-state index is 12.7. The number of hydrogen-bond donors (Lipinski definition) is 1. The molecule has 2 aliphatic rings. The first-order chi connectivity index (χ1) is 11.3. The van der Waals surface area contributed by atoms with Crippen molar-refractivity contribution in [3.8, 4) is 0 Å². The Hall–Kier alpha value is -1.78. The number of nitrogens with one attached hydrogen (secondary N) is 1. The van der Waals surface area contributed by atoms with Crippen molar-refractivity contribution >= 4 is 40.8 Å². The maximum atomic E-state index is 12.7. The van der Waals surface area contributed by atoms with Crippen LogP contribution in [0.25, 0.3) is 0 Å². The van der Waals surface area contributed by atoms with Crippen LogP contribution in [0.4, 0.5) is 5.69 Å². The number of aliphatic carboxylic acids is 1. The van der Waals surface area contributed by atoms with E-state index in [9.17, 15) is 14.7 Å². The smallest absolute Gasteiger partial charge is 0.229 e. The van der Waals surface area contributed by atoms with Gasteiger partial charge < -0.3 is 15.2 Å². The Bertz CT molecular complexity index is 780. The molecule has 1 aromatic rings. The molecular formula is C18H16Cl2NO3-. The van der Waals surface area contributed by atoms with Crippen molar-refractivity contribution in [1.82, 2.24) is 0 Å². The molecule has 0 saturated heterocycles. The summed E-state index contributed by atoms with van der Waals surface area (Å²) in [6.07, 6.45) is 3.79. The summed E-state index contributed by atoms with van der Waals surface area (Å²) >= 11 is 11.8. The molecule has 0 spiro atoms. The number of hydrogen-bond acceptors (Lipinski definition) is 3. The Labute approximate surface area is 150 Å². The average Bonchev–Trinajstić information content (AvgIpc) is 3.06. The van der Waals surface area contributed by atoms with Crippen LogP contribution < -0.4 is 10.4 Å². The van der Waals surface area contributed by atoms with E-state index in [0.717, 1.165) is 11.1 Å². The molecule has 0 unspecified atom stereocenters. The summed E-state index contributed by atoms with van der Waals surface area (Å²) < 4.78 is 0. The third-order valence-electron chi connectivity index (χ3n) is 4.74. The zero-order valence-corrected chi connectivity index (χ0v) is 14.7. The number of carbonyl (C=O) groups is 2. The van der Waals surface area contributed by atoms with Crippen LogP contribution in [0.1, 0.15) is 13.8 Å². The fraction of sp³-hybridized carbons (Fsp3) is 0.333. The second-order valence-corrected chi connectivity index (χ2v) is 7.19. The number of halogens is 2. The average molecular weight is 365 g/mol. The number of rotatable bonds is 3. The van der Waals surface area contributed by atoms with Gasteiger partial charge in [0.25, 0.3) is 0 Å². The fourth-order valence-electron chi connectivity index (χ4n) is 3.83. The van der Waals surface area contributed by atoms with E-state index in [1.165, 1.54) is 0 Å². The molecule has 6 heteroatoms. The van der Waals surface area contributed by atoms with E-state index in [1.807, 2.05) is 26.0 Å². The Morgan fingerprint density at radius 1 is 1.04 bits per heavy atom. The van der Waals surface area contributed by atoms with Crippen LogP contribution in [0.15, 0.2) is 41.5 Å². The van der Waals surface area contributed by atoms with Gasteiger partial charge in [-0.05, 0) is 32.0 Å². The molecule has 24 heavy (non-hydrogen) atoms. The van der Waals surface area contributed by atoms with Gasteiger partial charge in [0.05, 0.1) is 16.0 Å². The van der Waals surface area contributed by atoms with Gasteiger partial charge in [-0.2, -0.15) is 0 Å². The van der Waals surface area contributed by atoms with Crippen LogP contribution in [0.5, 0.6) is 0 Å². The Kier molecular flexibility index (Phi) is 4.45. The topological polar surface area (TPSA) is 69.2 Å². The number of allylic oxidation sites excluding steroid dienone is 4. The second-order valence-electron chi connectivity index (χ2n) is 6.38. The van der Waals surface area contributed by atoms with Gasteiger partial charge in [0, 0.05) is 29.4 Å². The number of carbonyl (C=O) groups excluding carboxylic acids is 2. The highest BCUT2D eigenvalue weighted by Gasteiger charge is 2.52. The van der Waals surface area contributed by atoms with Crippen molar-refractivity contribution < 1.29 is 14.7 Å². The van der Waals surface area contributed by atoms with Gasteiger partial charge in [-0.1, -0.05) is 46.5 Å². The largest absolute Gasteiger partial charge is 0.550 e. The first-order valence-corrected chi connectivity index (χ1v) is 8.39. The molecule has 2 aliphatic carbocycles. The Balaban J connectivity index is 1.91. The first-order valence-electron chi connectivity index (χ1n) is 7.63. The SMILES string of the molecule is CC(C)=C1[C@H]2C=C[C@@H]1[C@H](C(=O)[O-])[C@@H]2C(=O)Nc1ccc(Cl)c(Cl)c1. The highest BCUT2D eigenvalue weighted by Crippen LogP contribution is 2.53. The minimum Gasteiger partial charge on any atom is -0.550 e. The minimum atomic E-state index is -1.19. The first kappa shape index (κ1) is 17.1. The standard InChI is InChI=1S/C18H17Cl2NO3/c1-8(2)14-10-4-5-11(14)16(18(23)24)15(10)17(22)21-9-3-6-12(19)13(20)7-9/h3-7,10-11,15-16H,1-2H3,(H,21,22)(H,23,24)/p-1/t10-,11+,15-,16+/m1/s1. The van der Waals surface area contributed by atoms with Crippen molar-refractivity contribution in [2.75, 3.05) is 5.32 Å². The van der Waals surface area contributed by atoms with E-state index in [4.69, 9.17) is 23.2 Å². The van der Waals surface area contributed by atoms with Crippen LogP contribution in [0.2, 0.25) is 10.0 Å². The van der Waals surface area contributed by atoms with E-state index in [2.05, 4.69) is 5.32 Å². The van der Waals surface area contributed by atoms with E-state index in [0.29, 0.717) is 15.7 Å². The number of fused-ring (bicyclic) bond motifs is 2. The molecule has 1 amide bonds. The molecule has 4 atom stereocenters. The minimum absolute atomic E-state index is 0.203. The van der Waals surface area contributed by atoms with Crippen LogP contribution in [-0.2, 0) is 9.59 Å². The highest BCUT2D eigenvalue weighted by atomic mass is 35.5. The fourth-order valence-corrected chi connectivity index (χ4v) is 4.13. The monoisotopic (exact) mass is 364 g/mol. The molecule has 1 fully saturated rings. The predicted molar refractivity (Wildman–Crippen MR) is 91.6 cm³/mol. The molecule has 126 valence electrons. The molecule has 1 saturated carbocycles. The third-order valence-corrected chi connectivity index (χ3v) is 5.48. The molecule has 0 aromatic heterocycles. The van der Waals surface area contributed by atoms with Crippen LogP contribution in [-0.4, -0.2) is 11.9 Å². The van der Waals surface area contributed by atoms with Crippen molar-refractivity contribution in [3.63, 3.8) is 0 Å². The molecule has 2 bridgehead atoms. The van der Waals surface area contributed by atoms with Crippen LogP contribution >= 0.6 is 23.2 Å². The number of carboxylic acids is 1. The third kappa shape index (κ3) is 2.74. The number of benzene rings is 1. The van der Waals surface area contributed by atoms with Gasteiger partial charge in [-0.15, -0.1) is 0 Å². The lowest BCUT2D eigenvalue weighted by atomic mass is 9.82. The summed E-state index contributed by atoms with van der Waals surface area (Å²) in [6, 6.07) is 4.75. The van der Waals surface area contributed by atoms with Crippen molar-refractivity contribution in [2.45, 2.75) is 13.8 Å². The van der Waals surface area contributed by atoms with Crippen molar-refractivity contribution in [2.24, 2.45) is 23.7 Å². The predicted octanol–water partition coefficient (Wildman–Crippen LogP) is 3.07. The molecule has 0 heterocycles. The van der Waals surface area contributed by atoms with E-state index in [1.54, 1.807) is 18.2 Å². The normalized spacial score (nSPS) is 27.4. The molecule has 1 aromatic carbocycles. The van der Waals surface area contributed by atoms with Crippen molar-refractivity contribution in [1.29, 1.82) is 0 Å². The van der Waals surface area contributed by atoms with Crippen molar-refractivity contribution in [3.05, 3.63) is 51.5 Å². The van der Waals surface area contributed by atoms with Gasteiger partial charge in [0.2, 0.25) is 5.91 Å². The summed E-state index contributed by atoms with van der Waals surface area (Å²) in [5.74, 6) is -3.56. The molecule has 3 rings (SSSR count). The molecule has 0 radical (unpaired) electrons. The summed E-state index contributed by atoms with van der Waals surface area (Å²) in [5, 5.41) is 15.1. The number of amides is 1. The van der Waals surface area contributed by atoms with Gasteiger partial charge >= 0.3 is 0 Å². The number of anilines is 1. The zero-order valence-electron chi connectivity index (χ0n) is 13.2. The van der Waals surface area contributed by atoms with Gasteiger partial charge in [0.15, 0.2) is 0 Å². The van der Waals surface area contributed by atoms with Gasteiger partial charge in [-0.3, -0.25) is 4.79 Å². The second kappa shape index (κ2) is 6.26. The molecule has 0 aliphatic heterocycles. The highest BCUT2D eigenvalue weighted by molar-refractivity contribution is 6.42. The molecular weight excluding hydrogens is 349 g/mol.